The molecule has 0 heterocycles. The van der Waals surface area contributed by atoms with Crippen LogP contribution in [-0.2, 0) is 4.74 Å². The first-order valence-corrected chi connectivity index (χ1v) is 6.10. The van der Waals surface area contributed by atoms with Gasteiger partial charge in [0.05, 0.1) is 0 Å². The van der Waals surface area contributed by atoms with Crippen LogP contribution in [0.25, 0.3) is 0 Å². The monoisotopic (exact) mass is 202 g/mol. The van der Waals surface area contributed by atoms with Crippen molar-refractivity contribution in [3.63, 3.8) is 0 Å². The van der Waals surface area contributed by atoms with Crippen LogP contribution in [0, 0.1) is 0 Å². The Morgan fingerprint density at radius 3 is 2.00 bits per heavy atom. The summed E-state index contributed by atoms with van der Waals surface area (Å²) in [4.78, 5) is 0. The molecule has 1 N–H and O–H groups in total. The molecule has 0 aromatic rings. The van der Waals surface area contributed by atoms with Crippen molar-refractivity contribution in [3.8, 4) is 0 Å². The molecule has 0 amide bonds. The number of hydrogen-bond acceptors (Lipinski definition) is 2. The van der Waals surface area contributed by atoms with Gasteiger partial charge in [0.25, 0.3) is 0 Å². The van der Waals surface area contributed by atoms with Crippen molar-refractivity contribution < 1.29 is 9.84 Å². The first kappa shape index (κ1) is 13.9. The van der Waals surface area contributed by atoms with Crippen LogP contribution >= 0.6 is 0 Å². The maximum atomic E-state index is 8.53. The smallest absolute Gasteiger partial charge is 0.0466 e. The Balaban J connectivity index is 2.78. The zero-order chi connectivity index (χ0) is 10.5. The maximum absolute atomic E-state index is 8.53. The van der Waals surface area contributed by atoms with E-state index in [1.807, 2.05) is 0 Å². The van der Waals surface area contributed by atoms with Crippen molar-refractivity contribution in [2.24, 2.45) is 0 Å². The highest BCUT2D eigenvalue weighted by Crippen LogP contribution is 2.04. The largest absolute Gasteiger partial charge is 0.396 e. The fourth-order valence-corrected chi connectivity index (χ4v) is 1.40. The van der Waals surface area contributed by atoms with Gasteiger partial charge in [-0.25, -0.2) is 0 Å². The molecule has 0 aliphatic carbocycles. The minimum absolute atomic E-state index is 0.292. The van der Waals surface area contributed by atoms with Crippen LogP contribution in [0.5, 0.6) is 0 Å². The van der Waals surface area contributed by atoms with Gasteiger partial charge in [-0.3, -0.25) is 0 Å². The van der Waals surface area contributed by atoms with Crippen molar-refractivity contribution in [2.45, 2.75) is 58.3 Å². The lowest BCUT2D eigenvalue weighted by Crippen LogP contribution is -1.98. The highest BCUT2D eigenvalue weighted by molar-refractivity contribution is 4.43. The zero-order valence-corrected chi connectivity index (χ0v) is 9.63. The Kier molecular flexibility index (Phi) is 12.8. The SMILES string of the molecule is CCCCCCCCOCCCCO. The Morgan fingerprint density at radius 2 is 1.36 bits per heavy atom. The van der Waals surface area contributed by atoms with Crippen LogP contribution in [0.1, 0.15) is 58.3 Å². The van der Waals surface area contributed by atoms with Gasteiger partial charge in [0.2, 0.25) is 0 Å². The molecular formula is C12H26O2. The summed E-state index contributed by atoms with van der Waals surface area (Å²) in [5.74, 6) is 0. The lowest BCUT2D eigenvalue weighted by atomic mass is 10.1. The van der Waals surface area contributed by atoms with E-state index in [0.29, 0.717) is 6.61 Å². The van der Waals surface area contributed by atoms with Gasteiger partial charge in [-0.15, -0.1) is 0 Å². The summed E-state index contributed by atoms with van der Waals surface area (Å²) in [6.45, 7) is 4.25. The minimum atomic E-state index is 0.292. The summed E-state index contributed by atoms with van der Waals surface area (Å²) < 4.78 is 5.43. The molecular weight excluding hydrogens is 176 g/mol. The molecule has 0 unspecified atom stereocenters. The molecule has 14 heavy (non-hydrogen) atoms. The second-order valence-corrected chi connectivity index (χ2v) is 3.81. The maximum Gasteiger partial charge on any atom is 0.0466 e. The number of aliphatic hydroxyl groups is 1. The number of hydrogen-bond donors (Lipinski definition) is 1. The predicted molar refractivity (Wildman–Crippen MR) is 60.5 cm³/mol. The lowest BCUT2D eigenvalue weighted by Gasteiger charge is -2.03. The van der Waals surface area contributed by atoms with Gasteiger partial charge in [-0.05, 0) is 19.3 Å². The van der Waals surface area contributed by atoms with Crippen LogP contribution in [-0.4, -0.2) is 24.9 Å². The van der Waals surface area contributed by atoms with Gasteiger partial charge < -0.3 is 9.84 Å². The third kappa shape index (κ3) is 11.9. The van der Waals surface area contributed by atoms with Gasteiger partial charge in [0, 0.05) is 19.8 Å². The molecule has 0 saturated heterocycles. The van der Waals surface area contributed by atoms with Crippen LogP contribution < -0.4 is 0 Å². The summed E-state index contributed by atoms with van der Waals surface area (Å²) >= 11 is 0. The summed E-state index contributed by atoms with van der Waals surface area (Å²) in [5, 5.41) is 8.53. The Bertz CT molecular complexity index is 82.3. The fraction of sp³-hybridized carbons (Fsp3) is 1.00. The molecule has 86 valence electrons. The average Bonchev–Trinajstić information content (AvgIpc) is 2.21. The zero-order valence-electron chi connectivity index (χ0n) is 9.63. The van der Waals surface area contributed by atoms with E-state index in [0.717, 1.165) is 26.1 Å². The average molecular weight is 202 g/mol. The van der Waals surface area contributed by atoms with E-state index in [4.69, 9.17) is 9.84 Å². The van der Waals surface area contributed by atoms with Gasteiger partial charge in [0.1, 0.15) is 0 Å². The van der Waals surface area contributed by atoms with E-state index < -0.39 is 0 Å². The predicted octanol–water partition coefficient (Wildman–Crippen LogP) is 3.14. The highest BCUT2D eigenvalue weighted by Gasteiger charge is 1.91. The third-order valence-electron chi connectivity index (χ3n) is 2.34. The Labute approximate surface area is 88.7 Å². The summed E-state index contributed by atoms with van der Waals surface area (Å²) in [7, 11) is 0. The molecule has 0 spiro atoms. The van der Waals surface area contributed by atoms with Gasteiger partial charge in [-0.1, -0.05) is 39.0 Å². The molecule has 0 atom stereocenters. The van der Waals surface area contributed by atoms with Crippen LogP contribution in [0.15, 0.2) is 0 Å². The molecule has 0 aliphatic heterocycles. The summed E-state index contributed by atoms with van der Waals surface area (Å²) in [5.41, 5.74) is 0. The van der Waals surface area contributed by atoms with E-state index in [-0.39, 0.29) is 0 Å². The second-order valence-electron chi connectivity index (χ2n) is 3.81. The molecule has 0 radical (unpaired) electrons. The molecule has 2 heteroatoms. The lowest BCUT2D eigenvalue weighted by molar-refractivity contribution is 0.121. The Morgan fingerprint density at radius 1 is 0.786 bits per heavy atom. The molecule has 0 fully saturated rings. The topological polar surface area (TPSA) is 29.5 Å². The van der Waals surface area contributed by atoms with Crippen molar-refractivity contribution in [1.29, 1.82) is 0 Å². The molecule has 0 rings (SSSR count). The number of aliphatic hydroxyl groups excluding tert-OH is 1. The van der Waals surface area contributed by atoms with Gasteiger partial charge in [-0.2, -0.15) is 0 Å². The van der Waals surface area contributed by atoms with Crippen LogP contribution in [0.2, 0.25) is 0 Å². The number of unbranched alkanes of at least 4 members (excludes halogenated alkanes) is 6. The summed E-state index contributed by atoms with van der Waals surface area (Å²) in [6.07, 6.45) is 9.79. The van der Waals surface area contributed by atoms with Crippen molar-refractivity contribution in [1.82, 2.24) is 0 Å². The second kappa shape index (κ2) is 12.9. The minimum Gasteiger partial charge on any atom is -0.396 e. The number of ether oxygens (including phenoxy) is 1. The van der Waals surface area contributed by atoms with Crippen molar-refractivity contribution in [2.75, 3.05) is 19.8 Å². The molecule has 0 bridgehead atoms. The molecule has 0 aromatic carbocycles. The van der Waals surface area contributed by atoms with Crippen LogP contribution in [0.4, 0.5) is 0 Å². The van der Waals surface area contributed by atoms with E-state index in [9.17, 15) is 0 Å². The number of rotatable bonds is 11. The highest BCUT2D eigenvalue weighted by atomic mass is 16.5. The summed E-state index contributed by atoms with van der Waals surface area (Å²) in [6, 6.07) is 0. The van der Waals surface area contributed by atoms with Crippen molar-refractivity contribution in [3.05, 3.63) is 0 Å². The van der Waals surface area contributed by atoms with E-state index in [1.165, 1.54) is 38.5 Å². The quantitative estimate of drug-likeness (QED) is 0.522. The van der Waals surface area contributed by atoms with E-state index in [2.05, 4.69) is 6.92 Å². The standard InChI is InChI=1S/C12H26O2/c1-2-3-4-5-6-8-11-14-12-9-7-10-13/h13H,2-12H2,1H3. The van der Waals surface area contributed by atoms with Gasteiger partial charge >= 0.3 is 0 Å². The molecule has 0 aromatic heterocycles. The molecule has 0 aliphatic rings. The van der Waals surface area contributed by atoms with E-state index >= 15 is 0 Å². The Hall–Kier alpha value is -0.0800. The van der Waals surface area contributed by atoms with Crippen LogP contribution in [0.3, 0.4) is 0 Å². The van der Waals surface area contributed by atoms with Gasteiger partial charge in [0.15, 0.2) is 0 Å². The van der Waals surface area contributed by atoms with E-state index in [1.54, 1.807) is 0 Å². The third-order valence-corrected chi connectivity index (χ3v) is 2.34. The normalized spacial score (nSPS) is 10.7. The molecule has 2 nitrogen and oxygen atoms in total. The first-order valence-electron chi connectivity index (χ1n) is 6.10. The van der Waals surface area contributed by atoms with Crippen molar-refractivity contribution >= 4 is 0 Å². The fourth-order valence-electron chi connectivity index (χ4n) is 1.40. The first-order chi connectivity index (χ1) is 6.91. The molecule has 0 saturated carbocycles.